The molecular weight excluding hydrogens is 270 g/mol. The highest BCUT2D eigenvalue weighted by Crippen LogP contribution is 2.35. The molecule has 0 heterocycles. The van der Waals surface area contributed by atoms with Crippen LogP contribution in [0.4, 0.5) is 0 Å². The van der Waals surface area contributed by atoms with Crippen molar-refractivity contribution in [2.75, 3.05) is 6.61 Å². The maximum atomic E-state index is 11.5. The lowest BCUT2D eigenvalue weighted by molar-refractivity contribution is -0.144. The lowest BCUT2D eigenvalue weighted by Crippen LogP contribution is -2.44. The maximum Gasteiger partial charge on any atom is 0.329 e. The van der Waals surface area contributed by atoms with E-state index in [9.17, 15) is 9.59 Å². The van der Waals surface area contributed by atoms with E-state index in [0.29, 0.717) is 17.9 Å². The fourth-order valence-corrected chi connectivity index (χ4v) is 1.88. The Hall–Kier alpha value is -1.59. The second-order valence-corrected chi connectivity index (χ2v) is 4.93. The molecule has 1 aromatic rings. The fourth-order valence-electron chi connectivity index (χ4n) is 1.69. The van der Waals surface area contributed by atoms with Gasteiger partial charge in [0.2, 0.25) is 5.91 Å². The fraction of sp³-hybridized carbons (Fsp3) is 0.385. The number of nitrogens with one attached hydrogen (secondary N) is 1. The minimum absolute atomic E-state index is 0.180. The van der Waals surface area contributed by atoms with E-state index < -0.39 is 17.4 Å². The van der Waals surface area contributed by atoms with E-state index in [1.54, 1.807) is 12.1 Å². The summed E-state index contributed by atoms with van der Waals surface area (Å²) < 4.78 is 5.23. The Morgan fingerprint density at radius 2 is 2.05 bits per heavy atom. The van der Waals surface area contributed by atoms with Gasteiger partial charge in [-0.05, 0) is 24.5 Å². The van der Waals surface area contributed by atoms with Crippen LogP contribution in [0.2, 0.25) is 5.02 Å². The van der Waals surface area contributed by atoms with Crippen LogP contribution in [0.3, 0.4) is 0 Å². The molecule has 0 bridgehead atoms. The van der Waals surface area contributed by atoms with Crippen molar-refractivity contribution in [2.45, 2.75) is 25.0 Å². The van der Waals surface area contributed by atoms with Gasteiger partial charge in [0.15, 0.2) is 0 Å². The molecule has 0 atom stereocenters. The van der Waals surface area contributed by atoms with Crippen LogP contribution < -0.4 is 5.32 Å². The zero-order valence-corrected chi connectivity index (χ0v) is 10.9. The molecule has 1 aliphatic carbocycles. The molecule has 0 aliphatic heterocycles. The first-order chi connectivity index (χ1) is 9.03. The predicted molar refractivity (Wildman–Crippen MR) is 68.9 cm³/mol. The third kappa shape index (κ3) is 3.45. The number of aliphatic carboxylic acids is 1. The molecule has 19 heavy (non-hydrogen) atoms. The topological polar surface area (TPSA) is 75.6 Å². The van der Waals surface area contributed by atoms with Gasteiger partial charge in [-0.2, -0.15) is 0 Å². The number of hydrogen-bond donors (Lipinski definition) is 2. The molecule has 0 radical (unpaired) electrons. The van der Waals surface area contributed by atoms with Crippen LogP contribution in [0.15, 0.2) is 24.3 Å². The van der Waals surface area contributed by atoms with Gasteiger partial charge < -0.3 is 15.2 Å². The molecule has 1 aromatic carbocycles. The van der Waals surface area contributed by atoms with Gasteiger partial charge in [-0.1, -0.05) is 29.8 Å². The van der Waals surface area contributed by atoms with Gasteiger partial charge in [0.25, 0.3) is 0 Å². The lowest BCUT2D eigenvalue weighted by atomic mass is 10.2. The molecule has 6 heteroatoms. The first-order valence-corrected chi connectivity index (χ1v) is 6.27. The summed E-state index contributed by atoms with van der Waals surface area (Å²) in [5.74, 6) is -1.42. The summed E-state index contributed by atoms with van der Waals surface area (Å²) >= 11 is 5.94. The Labute approximate surface area is 115 Å². The van der Waals surface area contributed by atoms with Crippen molar-refractivity contribution in [3.63, 3.8) is 0 Å². The van der Waals surface area contributed by atoms with E-state index in [0.717, 1.165) is 5.56 Å². The van der Waals surface area contributed by atoms with Crippen LogP contribution in [0.5, 0.6) is 0 Å². The maximum absolute atomic E-state index is 11.5. The average Bonchev–Trinajstić information content (AvgIpc) is 3.12. The molecule has 1 aliphatic rings. The number of ether oxygens (including phenoxy) is 1. The molecule has 0 unspecified atom stereocenters. The van der Waals surface area contributed by atoms with Crippen molar-refractivity contribution in [3.8, 4) is 0 Å². The van der Waals surface area contributed by atoms with Crippen LogP contribution in [-0.4, -0.2) is 29.1 Å². The van der Waals surface area contributed by atoms with E-state index in [-0.39, 0.29) is 13.2 Å². The molecule has 5 nitrogen and oxygen atoms in total. The van der Waals surface area contributed by atoms with Gasteiger partial charge in [-0.3, -0.25) is 4.79 Å². The van der Waals surface area contributed by atoms with Gasteiger partial charge in [0.1, 0.15) is 12.1 Å². The number of carbonyl (C=O) groups is 2. The lowest BCUT2D eigenvalue weighted by Gasteiger charge is -2.12. The Morgan fingerprint density at radius 3 is 2.63 bits per heavy atom. The highest BCUT2D eigenvalue weighted by molar-refractivity contribution is 6.31. The number of carboxylic acids is 1. The van der Waals surface area contributed by atoms with Crippen LogP contribution >= 0.6 is 11.6 Å². The molecule has 2 N–H and O–H groups in total. The van der Waals surface area contributed by atoms with Gasteiger partial charge >= 0.3 is 5.97 Å². The molecule has 1 amide bonds. The Balaban J connectivity index is 1.76. The van der Waals surface area contributed by atoms with Gasteiger partial charge in [0, 0.05) is 5.02 Å². The third-order valence-electron chi connectivity index (χ3n) is 2.99. The number of halogens is 1. The first-order valence-electron chi connectivity index (χ1n) is 5.89. The summed E-state index contributed by atoms with van der Waals surface area (Å²) in [6.07, 6.45) is 0.942. The molecular formula is C13H14ClNO4. The SMILES string of the molecule is O=C(COCc1ccccc1Cl)NC1(C(=O)O)CC1. The molecule has 0 saturated heterocycles. The molecule has 0 spiro atoms. The van der Waals surface area contributed by atoms with Gasteiger partial charge in [-0.25, -0.2) is 4.79 Å². The van der Waals surface area contributed by atoms with Crippen molar-refractivity contribution in [1.29, 1.82) is 0 Å². The summed E-state index contributed by atoms with van der Waals surface area (Å²) in [7, 11) is 0. The molecule has 102 valence electrons. The first kappa shape index (κ1) is 13.8. The van der Waals surface area contributed by atoms with E-state index in [1.165, 1.54) is 0 Å². The highest BCUT2D eigenvalue weighted by Gasteiger charge is 2.51. The summed E-state index contributed by atoms with van der Waals surface area (Å²) in [6, 6.07) is 7.18. The van der Waals surface area contributed by atoms with Gasteiger partial charge in [-0.15, -0.1) is 0 Å². The van der Waals surface area contributed by atoms with Crippen LogP contribution in [0, 0.1) is 0 Å². The number of amides is 1. The zero-order valence-electron chi connectivity index (χ0n) is 10.2. The minimum Gasteiger partial charge on any atom is -0.480 e. The van der Waals surface area contributed by atoms with Crippen LogP contribution in [0.25, 0.3) is 0 Å². The van der Waals surface area contributed by atoms with Crippen LogP contribution in [-0.2, 0) is 20.9 Å². The second kappa shape index (κ2) is 5.59. The van der Waals surface area contributed by atoms with E-state index in [1.807, 2.05) is 12.1 Å². The van der Waals surface area contributed by atoms with Crippen molar-refractivity contribution in [3.05, 3.63) is 34.9 Å². The third-order valence-corrected chi connectivity index (χ3v) is 3.36. The molecule has 1 saturated carbocycles. The van der Waals surface area contributed by atoms with Crippen LogP contribution in [0.1, 0.15) is 18.4 Å². The Kier molecular flexibility index (Phi) is 4.07. The number of rotatable bonds is 6. The monoisotopic (exact) mass is 283 g/mol. The minimum atomic E-state index is -1.06. The Morgan fingerprint density at radius 1 is 1.37 bits per heavy atom. The summed E-state index contributed by atoms with van der Waals surface area (Å²) in [5.41, 5.74) is -0.276. The van der Waals surface area contributed by atoms with E-state index in [2.05, 4.69) is 5.32 Å². The number of benzene rings is 1. The largest absolute Gasteiger partial charge is 0.480 e. The normalized spacial score (nSPS) is 15.8. The molecule has 2 rings (SSSR count). The van der Waals surface area contributed by atoms with Crippen molar-refractivity contribution in [2.24, 2.45) is 0 Å². The summed E-state index contributed by atoms with van der Waals surface area (Å²) in [4.78, 5) is 22.4. The summed E-state index contributed by atoms with van der Waals surface area (Å²) in [6.45, 7) is 0.0351. The van der Waals surface area contributed by atoms with Crippen molar-refractivity contribution in [1.82, 2.24) is 5.32 Å². The average molecular weight is 284 g/mol. The van der Waals surface area contributed by atoms with Crippen molar-refractivity contribution >= 4 is 23.5 Å². The number of carboxylic acid groups (broad SMARTS) is 1. The van der Waals surface area contributed by atoms with E-state index in [4.69, 9.17) is 21.4 Å². The number of hydrogen-bond acceptors (Lipinski definition) is 3. The van der Waals surface area contributed by atoms with E-state index >= 15 is 0 Å². The molecule has 0 aromatic heterocycles. The summed E-state index contributed by atoms with van der Waals surface area (Å²) in [5, 5.41) is 12.0. The smallest absolute Gasteiger partial charge is 0.329 e. The number of carbonyl (C=O) groups excluding carboxylic acids is 1. The zero-order chi connectivity index (χ0) is 13.9. The quantitative estimate of drug-likeness (QED) is 0.831. The standard InChI is InChI=1S/C13H14ClNO4/c14-10-4-2-1-3-9(10)7-19-8-11(16)15-13(5-6-13)12(17)18/h1-4H,5-8H2,(H,15,16)(H,17,18). The second-order valence-electron chi connectivity index (χ2n) is 4.52. The highest BCUT2D eigenvalue weighted by atomic mass is 35.5. The Bertz CT molecular complexity index is 499. The van der Waals surface area contributed by atoms with Gasteiger partial charge in [0.05, 0.1) is 6.61 Å². The molecule has 1 fully saturated rings. The van der Waals surface area contributed by atoms with Crippen molar-refractivity contribution < 1.29 is 19.4 Å². The predicted octanol–water partition coefficient (Wildman–Crippen LogP) is 1.59.